The molecule has 0 unspecified atom stereocenters. The average molecular weight is 304 g/mol. The molecule has 1 aromatic heterocycles. The fraction of sp³-hybridized carbons (Fsp3) is 0.692. The normalized spacial score (nSPS) is 12.2. The quantitative estimate of drug-likeness (QED) is 0.737. The van der Waals surface area contributed by atoms with Gasteiger partial charge in [0.25, 0.3) is 0 Å². The Kier molecular flexibility index (Phi) is 6.99. The number of hydrogen-bond acceptors (Lipinski definition) is 4. The Hall–Kier alpha value is -0.430. The molecule has 0 atom stereocenters. The first-order valence-electron chi connectivity index (χ1n) is 6.82. The Morgan fingerprint density at radius 1 is 1.21 bits per heavy atom. The summed E-state index contributed by atoms with van der Waals surface area (Å²) >= 11 is 1.33. The molecular weight excluding hydrogens is 280 g/mol. The van der Waals surface area contributed by atoms with E-state index in [1.807, 2.05) is 13.0 Å². The van der Waals surface area contributed by atoms with E-state index in [1.54, 1.807) is 6.07 Å². The standard InChI is InChI=1S/C13H24N2O2S2/c1-4-11(5-2)9-15-19(16,17)13-8-7-12(18-13)10-14-6-3/h7-8,11,14-15H,4-6,9-10H2,1-3H3. The van der Waals surface area contributed by atoms with E-state index in [1.165, 1.54) is 11.3 Å². The van der Waals surface area contributed by atoms with E-state index >= 15 is 0 Å². The maximum absolute atomic E-state index is 12.1. The highest BCUT2D eigenvalue weighted by Crippen LogP contribution is 2.21. The van der Waals surface area contributed by atoms with Gasteiger partial charge in [0.15, 0.2) is 0 Å². The van der Waals surface area contributed by atoms with Crippen LogP contribution in [0.4, 0.5) is 0 Å². The molecule has 0 radical (unpaired) electrons. The van der Waals surface area contributed by atoms with E-state index in [2.05, 4.69) is 23.9 Å². The van der Waals surface area contributed by atoms with Crippen molar-refractivity contribution in [2.24, 2.45) is 5.92 Å². The van der Waals surface area contributed by atoms with Gasteiger partial charge in [-0.15, -0.1) is 11.3 Å². The monoisotopic (exact) mass is 304 g/mol. The summed E-state index contributed by atoms with van der Waals surface area (Å²) in [6, 6.07) is 3.56. The zero-order chi connectivity index (χ0) is 14.3. The predicted molar refractivity (Wildman–Crippen MR) is 81.0 cm³/mol. The van der Waals surface area contributed by atoms with Crippen molar-refractivity contribution < 1.29 is 8.42 Å². The summed E-state index contributed by atoms with van der Waals surface area (Å²) in [4.78, 5) is 1.05. The van der Waals surface area contributed by atoms with E-state index in [9.17, 15) is 8.42 Å². The van der Waals surface area contributed by atoms with E-state index in [4.69, 9.17) is 0 Å². The summed E-state index contributed by atoms with van der Waals surface area (Å²) in [7, 11) is -3.34. The number of rotatable bonds is 9. The molecule has 1 heterocycles. The van der Waals surface area contributed by atoms with Crippen LogP contribution in [0.15, 0.2) is 16.3 Å². The van der Waals surface area contributed by atoms with Gasteiger partial charge in [-0.2, -0.15) is 0 Å². The van der Waals surface area contributed by atoms with Gasteiger partial charge in [-0.05, 0) is 24.6 Å². The minimum absolute atomic E-state index is 0.409. The van der Waals surface area contributed by atoms with Gasteiger partial charge in [0.1, 0.15) is 4.21 Å². The molecule has 0 spiro atoms. The molecule has 0 aliphatic heterocycles. The van der Waals surface area contributed by atoms with Gasteiger partial charge in [-0.3, -0.25) is 0 Å². The smallest absolute Gasteiger partial charge is 0.250 e. The van der Waals surface area contributed by atoms with Crippen LogP contribution in [0.2, 0.25) is 0 Å². The first-order valence-corrected chi connectivity index (χ1v) is 9.12. The molecule has 0 aliphatic carbocycles. The Morgan fingerprint density at radius 2 is 1.89 bits per heavy atom. The van der Waals surface area contributed by atoms with Gasteiger partial charge in [-0.1, -0.05) is 33.6 Å². The third-order valence-electron chi connectivity index (χ3n) is 3.17. The van der Waals surface area contributed by atoms with Crippen LogP contribution in [0.3, 0.4) is 0 Å². The summed E-state index contributed by atoms with van der Waals surface area (Å²) in [5.74, 6) is 0.413. The van der Waals surface area contributed by atoms with Crippen molar-refractivity contribution >= 4 is 21.4 Å². The Bertz CT molecular complexity index is 465. The fourth-order valence-corrected chi connectivity index (χ4v) is 4.21. The van der Waals surface area contributed by atoms with Crippen LogP contribution < -0.4 is 10.0 Å². The van der Waals surface area contributed by atoms with Crippen molar-refractivity contribution in [1.82, 2.24) is 10.0 Å². The van der Waals surface area contributed by atoms with E-state index in [0.29, 0.717) is 16.7 Å². The summed E-state index contributed by atoms with van der Waals surface area (Å²) in [6.45, 7) is 8.33. The minimum atomic E-state index is -3.34. The number of nitrogens with one attached hydrogen (secondary N) is 2. The predicted octanol–water partition coefficient (Wildman–Crippen LogP) is 2.57. The van der Waals surface area contributed by atoms with Crippen molar-refractivity contribution in [2.75, 3.05) is 13.1 Å². The lowest BCUT2D eigenvalue weighted by molar-refractivity contribution is 0.479. The lowest BCUT2D eigenvalue weighted by Crippen LogP contribution is -2.28. The van der Waals surface area contributed by atoms with Gasteiger partial charge < -0.3 is 5.32 Å². The maximum Gasteiger partial charge on any atom is 0.250 e. The second-order valence-corrected chi connectivity index (χ2v) is 7.70. The van der Waals surface area contributed by atoms with Crippen LogP contribution in [-0.2, 0) is 16.6 Å². The summed E-state index contributed by atoms with van der Waals surface area (Å²) in [5, 5.41) is 3.19. The fourth-order valence-electron chi connectivity index (χ4n) is 1.72. The van der Waals surface area contributed by atoms with Crippen LogP contribution in [-0.4, -0.2) is 21.5 Å². The van der Waals surface area contributed by atoms with E-state index in [-0.39, 0.29) is 0 Å². The molecule has 0 fully saturated rings. The highest BCUT2D eigenvalue weighted by atomic mass is 32.2. The highest BCUT2D eigenvalue weighted by molar-refractivity contribution is 7.91. The summed E-state index contributed by atoms with van der Waals surface area (Å²) in [5.41, 5.74) is 0. The van der Waals surface area contributed by atoms with Gasteiger partial charge >= 0.3 is 0 Å². The molecule has 1 aromatic rings. The Balaban J connectivity index is 2.64. The first-order chi connectivity index (χ1) is 9.03. The van der Waals surface area contributed by atoms with Gasteiger partial charge in [0.2, 0.25) is 10.0 Å². The molecule has 4 nitrogen and oxygen atoms in total. The second-order valence-electron chi connectivity index (χ2n) is 4.54. The van der Waals surface area contributed by atoms with Crippen LogP contribution in [0.25, 0.3) is 0 Å². The largest absolute Gasteiger partial charge is 0.312 e. The van der Waals surface area contributed by atoms with Crippen molar-refractivity contribution in [1.29, 1.82) is 0 Å². The lowest BCUT2D eigenvalue weighted by atomic mass is 10.0. The third-order valence-corrected chi connectivity index (χ3v) is 6.17. The van der Waals surface area contributed by atoms with Crippen molar-refractivity contribution in [3.63, 3.8) is 0 Å². The topological polar surface area (TPSA) is 58.2 Å². The number of sulfonamides is 1. The van der Waals surface area contributed by atoms with Crippen LogP contribution >= 0.6 is 11.3 Å². The minimum Gasteiger partial charge on any atom is -0.312 e. The highest BCUT2D eigenvalue weighted by Gasteiger charge is 2.17. The Labute approximate surface area is 120 Å². The molecule has 1 rings (SSSR count). The van der Waals surface area contributed by atoms with Gasteiger partial charge in [0, 0.05) is 18.0 Å². The first kappa shape index (κ1) is 16.6. The molecule has 0 amide bonds. The molecular formula is C13H24N2O2S2. The Morgan fingerprint density at radius 3 is 2.47 bits per heavy atom. The van der Waals surface area contributed by atoms with E-state index in [0.717, 1.165) is 30.8 Å². The maximum atomic E-state index is 12.1. The lowest BCUT2D eigenvalue weighted by Gasteiger charge is -2.12. The van der Waals surface area contributed by atoms with Crippen LogP contribution in [0, 0.1) is 5.92 Å². The number of thiophene rings is 1. The van der Waals surface area contributed by atoms with Crippen LogP contribution in [0.1, 0.15) is 38.5 Å². The van der Waals surface area contributed by atoms with Crippen molar-refractivity contribution in [3.05, 3.63) is 17.0 Å². The second kappa shape index (κ2) is 7.99. The van der Waals surface area contributed by atoms with Crippen molar-refractivity contribution in [2.45, 2.75) is 44.4 Å². The molecule has 0 aliphatic rings. The molecule has 0 saturated carbocycles. The zero-order valence-electron chi connectivity index (χ0n) is 11.9. The summed E-state index contributed by atoms with van der Waals surface area (Å²) in [6.07, 6.45) is 1.99. The number of hydrogen-bond donors (Lipinski definition) is 2. The molecule has 19 heavy (non-hydrogen) atoms. The van der Waals surface area contributed by atoms with Crippen LogP contribution in [0.5, 0.6) is 0 Å². The molecule has 110 valence electrons. The average Bonchev–Trinajstić information content (AvgIpc) is 2.87. The molecule has 0 bridgehead atoms. The van der Waals surface area contributed by atoms with E-state index < -0.39 is 10.0 Å². The van der Waals surface area contributed by atoms with Crippen molar-refractivity contribution in [3.8, 4) is 0 Å². The molecule has 2 N–H and O–H groups in total. The van der Waals surface area contributed by atoms with Gasteiger partial charge in [-0.25, -0.2) is 13.1 Å². The molecule has 6 heteroatoms. The SMILES string of the molecule is CCNCc1ccc(S(=O)(=O)NCC(CC)CC)s1. The third kappa shape index (κ3) is 5.22. The molecule has 0 saturated heterocycles. The summed E-state index contributed by atoms with van der Waals surface area (Å²) < 4.78 is 27.4. The van der Waals surface area contributed by atoms with Gasteiger partial charge in [0.05, 0.1) is 0 Å². The molecule has 0 aromatic carbocycles. The zero-order valence-corrected chi connectivity index (χ0v) is 13.5.